The van der Waals surface area contributed by atoms with Crippen LogP contribution >= 0.6 is 0 Å². The van der Waals surface area contributed by atoms with Crippen molar-refractivity contribution < 1.29 is 0 Å². The SMILES string of the molecule is CNC/C=C\C=C/CN. The minimum Gasteiger partial charge on any atom is -0.327 e. The number of allylic oxidation sites excluding steroid dienone is 2. The van der Waals surface area contributed by atoms with Crippen molar-refractivity contribution in [2.75, 3.05) is 20.1 Å². The Morgan fingerprint density at radius 2 is 2.00 bits per heavy atom. The summed E-state index contributed by atoms with van der Waals surface area (Å²) in [7, 11) is 1.91. The minimum absolute atomic E-state index is 0.615. The fraction of sp³-hybridized carbons (Fsp3) is 0.429. The van der Waals surface area contributed by atoms with Gasteiger partial charge in [0, 0.05) is 13.1 Å². The summed E-state index contributed by atoms with van der Waals surface area (Å²) in [5.74, 6) is 0. The van der Waals surface area contributed by atoms with Gasteiger partial charge in [0.1, 0.15) is 0 Å². The summed E-state index contributed by atoms with van der Waals surface area (Å²) >= 11 is 0. The number of hydrogen-bond acceptors (Lipinski definition) is 2. The third-order valence-corrected chi connectivity index (χ3v) is 0.841. The summed E-state index contributed by atoms with van der Waals surface area (Å²) in [4.78, 5) is 0. The molecule has 0 bridgehead atoms. The lowest BCUT2D eigenvalue weighted by atomic mass is 10.4. The third kappa shape index (κ3) is 7.40. The molecule has 0 heterocycles. The van der Waals surface area contributed by atoms with Gasteiger partial charge in [-0.1, -0.05) is 24.3 Å². The zero-order valence-electron chi connectivity index (χ0n) is 5.80. The van der Waals surface area contributed by atoms with E-state index in [0.717, 1.165) is 6.54 Å². The molecule has 0 fully saturated rings. The zero-order chi connectivity index (χ0) is 6.95. The van der Waals surface area contributed by atoms with Gasteiger partial charge < -0.3 is 11.1 Å². The largest absolute Gasteiger partial charge is 0.327 e. The quantitative estimate of drug-likeness (QED) is 0.531. The normalized spacial score (nSPS) is 11.8. The average Bonchev–Trinajstić information content (AvgIpc) is 1.89. The minimum atomic E-state index is 0.615. The fourth-order valence-electron chi connectivity index (χ4n) is 0.422. The predicted molar refractivity (Wildman–Crippen MR) is 41.3 cm³/mol. The van der Waals surface area contributed by atoms with E-state index in [9.17, 15) is 0 Å². The van der Waals surface area contributed by atoms with E-state index >= 15 is 0 Å². The summed E-state index contributed by atoms with van der Waals surface area (Å²) in [6, 6.07) is 0. The van der Waals surface area contributed by atoms with Crippen LogP contribution in [0.2, 0.25) is 0 Å². The highest BCUT2D eigenvalue weighted by Crippen LogP contribution is 1.72. The van der Waals surface area contributed by atoms with E-state index in [1.165, 1.54) is 0 Å². The van der Waals surface area contributed by atoms with E-state index in [1.807, 2.05) is 31.4 Å². The van der Waals surface area contributed by atoms with Crippen molar-refractivity contribution in [2.45, 2.75) is 0 Å². The molecule has 0 aliphatic carbocycles. The first-order valence-electron chi connectivity index (χ1n) is 3.08. The molecule has 0 atom stereocenters. The molecule has 0 amide bonds. The van der Waals surface area contributed by atoms with Crippen LogP contribution in [0.5, 0.6) is 0 Å². The van der Waals surface area contributed by atoms with E-state index in [0.29, 0.717) is 6.54 Å². The van der Waals surface area contributed by atoms with Crippen LogP contribution in [0.15, 0.2) is 24.3 Å². The van der Waals surface area contributed by atoms with Crippen molar-refractivity contribution in [2.24, 2.45) is 5.73 Å². The Kier molecular flexibility index (Phi) is 6.91. The summed E-state index contributed by atoms with van der Waals surface area (Å²) < 4.78 is 0. The lowest BCUT2D eigenvalue weighted by Crippen LogP contribution is -2.03. The van der Waals surface area contributed by atoms with Crippen molar-refractivity contribution >= 4 is 0 Å². The molecule has 0 radical (unpaired) electrons. The molecular formula is C7H14N2. The first kappa shape index (κ1) is 8.40. The molecule has 3 N–H and O–H groups in total. The topological polar surface area (TPSA) is 38.0 Å². The second kappa shape index (κ2) is 7.40. The highest BCUT2D eigenvalue weighted by molar-refractivity contribution is 5.03. The van der Waals surface area contributed by atoms with Crippen molar-refractivity contribution in [3.63, 3.8) is 0 Å². The van der Waals surface area contributed by atoms with Gasteiger partial charge in [-0.3, -0.25) is 0 Å². The molecule has 0 unspecified atom stereocenters. The van der Waals surface area contributed by atoms with E-state index in [2.05, 4.69) is 5.32 Å². The molecule has 52 valence electrons. The van der Waals surface area contributed by atoms with Crippen LogP contribution in [0.1, 0.15) is 0 Å². The van der Waals surface area contributed by atoms with Gasteiger partial charge in [0.15, 0.2) is 0 Å². The maximum absolute atomic E-state index is 5.21. The Morgan fingerprint density at radius 3 is 2.56 bits per heavy atom. The lowest BCUT2D eigenvalue weighted by molar-refractivity contribution is 0.920. The molecule has 0 saturated heterocycles. The molecule has 0 saturated carbocycles. The molecular weight excluding hydrogens is 112 g/mol. The second-order valence-electron chi connectivity index (χ2n) is 1.65. The third-order valence-electron chi connectivity index (χ3n) is 0.841. The van der Waals surface area contributed by atoms with Gasteiger partial charge in [-0.15, -0.1) is 0 Å². The molecule has 0 aromatic carbocycles. The number of nitrogens with two attached hydrogens (primary N) is 1. The molecule has 9 heavy (non-hydrogen) atoms. The second-order valence-corrected chi connectivity index (χ2v) is 1.65. The molecule has 2 nitrogen and oxygen atoms in total. The van der Waals surface area contributed by atoms with Gasteiger partial charge in [-0.2, -0.15) is 0 Å². The monoisotopic (exact) mass is 126 g/mol. The van der Waals surface area contributed by atoms with E-state index in [4.69, 9.17) is 5.73 Å². The Bertz CT molecular complexity index is 95.1. The molecule has 0 spiro atoms. The maximum atomic E-state index is 5.21. The molecule has 0 aromatic rings. The van der Waals surface area contributed by atoms with Crippen LogP contribution in [-0.4, -0.2) is 20.1 Å². The fourth-order valence-corrected chi connectivity index (χ4v) is 0.422. The van der Waals surface area contributed by atoms with Crippen LogP contribution in [0.4, 0.5) is 0 Å². The first-order chi connectivity index (χ1) is 4.41. The van der Waals surface area contributed by atoms with Crippen molar-refractivity contribution in [1.29, 1.82) is 0 Å². The Morgan fingerprint density at radius 1 is 1.33 bits per heavy atom. The van der Waals surface area contributed by atoms with Crippen LogP contribution in [0.25, 0.3) is 0 Å². The molecule has 2 heteroatoms. The van der Waals surface area contributed by atoms with Gasteiger partial charge in [0.2, 0.25) is 0 Å². The Balaban J connectivity index is 3.13. The van der Waals surface area contributed by atoms with Crippen molar-refractivity contribution in [3.05, 3.63) is 24.3 Å². The summed E-state index contributed by atoms with van der Waals surface area (Å²) in [6.45, 7) is 1.53. The van der Waals surface area contributed by atoms with Gasteiger partial charge >= 0.3 is 0 Å². The lowest BCUT2D eigenvalue weighted by Gasteiger charge is -1.83. The number of nitrogens with one attached hydrogen (secondary N) is 1. The molecule has 0 aliphatic rings. The number of likely N-dealkylation sites (N-methyl/N-ethyl adjacent to an activating group) is 1. The predicted octanol–water partition coefficient (Wildman–Crippen LogP) is 0.277. The van der Waals surface area contributed by atoms with E-state index in [1.54, 1.807) is 0 Å². The van der Waals surface area contributed by atoms with Crippen molar-refractivity contribution in [3.8, 4) is 0 Å². The number of hydrogen-bond donors (Lipinski definition) is 2. The number of rotatable bonds is 4. The van der Waals surface area contributed by atoms with Gasteiger partial charge in [0.25, 0.3) is 0 Å². The van der Waals surface area contributed by atoms with E-state index in [-0.39, 0.29) is 0 Å². The first-order valence-corrected chi connectivity index (χ1v) is 3.08. The smallest absolute Gasteiger partial charge is 0.0134 e. The summed E-state index contributed by atoms with van der Waals surface area (Å²) in [6.07, 6.45) is 7.86. The van der Waals surface area contributed by atoms with Crippen LogP contribution in [0, 0.1) is 0 Å². The molecule has 0 aromatic heterocycles. The highest BCUT2D eigenvalue weighted by Gasteiger charge is 1.65. The maximum Gasteiger partial charge on any atom is 0.0134 e. The van der Waals surface area contributed by atoms with E-state index < -0.39 is 0 Å². The van der Waals surface area contributed by atoms with Gasteiger partial charge in [-0.05, 0) is 7.05 Å². The van der Waals surface area contributed by atoms with Crippen LogP contribution in [0.3, 0.4) is 0 Å². The van der Waals surface area contributed by atoms with Crippen LogP contribution in [-0.2, 0) is 0 Å². The molecule has 0 rings (SSSR count). The van der Waals surface area contributed by atoms with Gasteiger partial charge in [0.05, 0.1) is 0 Å². The van der Waals surface area contributed by atoms with Crippen LogP contribution < -0.4 is 11.1 Å². The zero-order valence-corrected chi connectivity index (χ0v) is 5.80. The Hall–Kier alpha value is -0.600. The average molecular weight is 126 g/mol. The Labute approximate surface area is 56.4 Å². The summed E-state index contributed by atoms with van der Waals surface area (Å²) in [5, 5.41) is 2.99. The highest BCUT2D eigenvalue weighted by atomic mass is 14.8. The van der Waals surface area contributed by atoms with Crippen molar-refractivity contribution in [1.82, 2.24) is 5.32 Å². The van der Waals surface area contributed by atoms with Gasteiger partial charge in [-0.25, -0.2) is 0 Å². The molecule has 0 aliphatic heterocycles. The summed E-state index contributed by atoms with van der Waals surface area (Å²) in [5.41, 5.74) is 5.21. The standard InChI is InChI=1S/C7H14N2/c1-9-7-5-3-2-4-6-8/h2-5,9H,6-8H2,1H3/b4-2-,5-3-.